The second-order valence-corrected chi connectivity index (χ2v) is 6.49. The van der Waals surface area contributed by atoms with Crippen molar-refractivity contribution in [2.75, 3.05) is 6.54 Å². The highest BCUT2D eigenvalue weighted by atomic mass is 35.7. The number of nitrogens with zero attached hydrogens (tertiary/aromatic N) is 1. The zero-order valence-corrected chi connectivity index (χ0v) is 10.1. The van der Waals surface area contributed by atoms with E-state index >= 15 is 0 Å². The van der Waals surface area contributed by atoms with E-state index in [1.165, 1.54) is 12.8 Å². The number of fused-ring (bicyclic) bond motifs is 1. The van der Waals surface area contributed by atoms with Gasteiger partial charge in [-0.15, -0.1) is 0 Å². The Bertz CT molecular complexity index is 214. The molecular weight excluding hydrogens is 205 g/mol. The Balaban J connectivity index is 2.23. The maximum atomic E-state index is 6.21. The summed E-state index contributed by atoms with van der Waals surface area (Å²) in [6.07, 6.45) is 2.53. The van der Waals surface area contributed by atoms with Crippen molar-refractivity contribution < 1.29 is 4.52 Å². The van der Waals surface area contributed by atoms with E-state index in [-0.39, 0.29) is 5.60 Å². The fourth-order valence-corrected chi connectivity index (χ4v) is 4.90. The molecule has 0 N–H and O–H groups in total. The van der Waals surface area contributed by atoms with Crippen LogP contribution >= 0.6 is 18.9 Å². The predicted octanol–water partition coefficient (Wildman–Crippen LogP) is 3.36. The van der Waals surface area contributed by atoms with Crippen LogP contribution in [0.2, 0.25) is 0 Å². The summed E-state index contributed by atoms with van der Waals surface area (Å²) in [4.78, 5) is 0. The molecule has 0 saturated carbocycles. The fraction of sp³-hybridized carbons (Fsp3) is 1.00. The largest absolute Gasteiger partial charge is 0.323 e. The molecular formula is C9H17ClNOP. The van der Waals surface area contributed by atoms with E-state index < -0.39 is 7.65 Å². The van der Waals surface area contributed by atoms with Crippen LogP contribution in [-0.2, 0) is 4.52 Å². The molecule has 0 radical (unpaired) electrons. The van der Waals surface area contributed by atoms with Crippen LogP contribution in [0.25, 0.3) is 0 Å². The smallest absolute Gasteiger partial charge is 0.207 e. The van der Waals surface area contributed by atoms with Crippen LogP contribution in [0, 0.1) is 5.92 Å². The van der Waals surface area contributed by atoms with E-state index in [0.717, 1.165) is 6.54 Å². The highest BCUT2D eigenvalue weighted by molar-refractivity contribution is 7.78. The molecule has 0 bridgehead atoms. The molecule has 3 atom stereocenters. The average Bonchev–Trinajstić information content (AvgIpc) is 2.57. The zero-order chi connectivity index (χ0) is 9.64. The van der Waals surface area contributed by atoms with E-state index in [2.05, 4.69) is 25.4 Å². The second kappa shape index (κ2) is 3.34. The van der Waals surface area contributed by atoms with Crippen molar-refractivity contribution in [2.45, 2.75) is 45.3 Å². The molecule has 2 heterocycles. The molecule has 2 rings (SSSR count). The summed E-state index contributed by atoms with van der Waals surface area (Å²) < 4.78 is 8.29. The third-order valence-corrected chi connectivity index (χ3v) is 5.72. The van der Waals surface area contributed by atoms with Crippen molar-refractivity contribution in [1.29, 1.82) is 0 Å². The Labute approximate surface area is 86.3 Å². The Kier molecular flexibility index (Phi) is 2.61. The van der Waals surface area contributed by atoms with Crippen LogP contribution in [0.4, 0.5) is 0 Å². The first-order chi connectivity index (χ1) is 6.05. The summed E-state index contributed by atoms with van der Waals surface area (Å²) in [5.74, 6) is 0.546. The molecule has 0 aromatic heterocycles. The molecule has 76 valence electrons. The quantitative estimate of drug-likeness (QED) is 0.630. The number of rotatable bonds is 1. The minimum Gasteiger partial charge on any atom is -0.323 e. The summed E-state index contributed by atoms with van der Waals surface area (Å²) in [5, 5.41) is 0. The van der Waals surface area contributed by atoms with Crippen molar-refractivity contribution in [3.63, 3.8) is 0 Å². The lowest BCUT2D eigenvalue weighted by Gasteiger charge is -2.32. The van der Waals surface area contributed by atoms with Crippen molar-refractivity contribution in [3.05, 3.63) is 0 Å². The first-order valence-corrected chi connectivity index (χ1v) is 7.09. The van der Waals surface area contributed by atoms with Crippen molar-refractivity contribution in [2.24, 2.45) is 5.92 Å². The molecule has 0 aromatic carbocycles. The van der Waals surface area contributed by atoms with E-state index in [1.807, 2.05) is 0 Å². The van der Waals surface area contributed by atoms with Gasteiger partial charge in [0.25, 0.3) is 0 Å². The standard InChI is InChI=1S/C9H17ClNOP/c1-7(2)9(3)8-5-4-6-11(8)13(10)12-9/h7-8H,4-6H2,1-3H3/t8-,9-,13?/m0/s1. The highest BCUT2D eigenvalue weighted by Crippen LogP contribution is 2.63. The van der Waals surface area contributed by atoms with Gasteiger partial charge in [-0.2, -0.15) is 0 Å². The minimum absolute atomic E-state index is 0.00997. The van der Waals surface area contributed by atoms with E-state index in [1.54, 1.807) is 0 Å². The predicted molar refractivity (Wildman–Crippen MR) is 56.8 cm³/mol. The van der Waals surface area contributed by atoms with Gasteiger partial charge in [0.15, 0.2) is 0 Å². The van der Waals surface area contributed by atoms with Gasteiger partial charge in [0.2, 0.25) is 7.65 Å². The highest BCUT2D eigenvalue weighted by Gasteiger charge is 2.53. The van der Waals surface area contributed by atoms with Crippen LogP contribution in [0.15, 0.2) is 0 Å². The summed E-state index contributed by atoms with van der Waals surface area (Å²) in [7, 11) is -0.820. The Morgan fingerprint density at radius 3 is 2.92 bits per heavy atom. The Morgan fingerprint density at radius 2 is 2.31 bits per heavy atom. The molecule has 1 unspecified atom stereocenters. The summed E-state index contributed by atoms with van der Waals surface area (Å²) >= 11 is 6.21. The maximum Gasteiger partial charge on any atom is 0.207 e. The van der Waals surface area contributed by atoms with Gasteiger partial charge in [0.1, 0.15) is 0 Å². The molecule has 2 aliphatic heterocycles. The van der Waals surface area contributed by atoms with Gasteiger partial charge in [-0.25, -0.2) is 4.67 Å². The van der Waals surface area contributed by atoms with E-state index in [4.69, 9.17) is 15.8 Å². The van der Waals surface area contributed by atoms with Gasteiger partial charge in [0.05, 0.1) is 5.60 Å². The molecule has 0 spiro atoms. The van der Waals surface area contributed by atoms with Gasteiger partial charge in [-0.3, -0.25) is 0 Å². The SMILES string of the molecule is CC(C)[C@]1(C)OP(Cl)N2CCC[C@H]21. The van der Waals surface area contributed by atoms with Gasteiger partial charge in [-0.05, 0) is 36.9 Å². The topological polar surface area (TPSA) is 12.5 Å². The second-order valence-electron chi connectivity index (χ2n) is 4.48. The van der Waals surface area contributed by atoms with Crippen LogP contribution in [0.3, 0.4) is 0 Å². The van der Waals surface area contributed by atoms with Crippen molar-refractivity contribution in [1.82, 2.24) is 4.67 Å². The molecule has 0 amide bonds. The first-order valence-electron chi connectivity index (χ1n) is 4.97. The molecule has 4 heteroatoms. The fourth-order valence-electron chi connectivity index (χ4n) is 2.29. The van der Waals surface area contributed by atoms with Gasteiger partial charge >= 0.3 is 0 Å². The van der Waals surface area contributed by atoms with Crippen LogP contribution in [-0.4, -0.2) is 22.9 Å². The maximum absolute atomic E-state index is 6.21. The normalized spacial score (nSPS) is 45.9. The number of hydrogen-bond donors (Lipinski definition) is 0. The molecule has 2 nitrogen and oxygen atoms in total. The third-order valence-electron chi connectivity index (χ3n) is 3.51. The van der Waals surface area contributed by atoms with Crippen molar-refractivity contribution >= 4 is 18.9 Å². The van der Waals surface area contributed by atoms with Gasteiger partial charge < -0.3 is 4.52 Å². The molecule has 2 fully saturated rings. The van der Waals surface area contributed by atoms with Gasteiger partial charge in [0, 0.05) is 12.6 Å². The lowest BCUT2D eigenvalue weighted by atomic mass is 9.84. The van der Waals surface area contributed by atoms with E-state index in [0.29, 0.717) is 12.0 Å². The van der Waals surface area contributed by atoms with E-state index in [9.17, 15) is 0 Å². The summed E-state index contributed by atoms with van der Waals surface area (Å²) in [5.41, 5.74) is -0.00997. The van der Waals surface area contributed by atoms with Crippen LogP contribution in [0.5, 0.6) is 0 Å². The summed E-state index contributed by atoms with van der Waals surface area (Å²) in [6, 6.07) is 0.566. The molecule has 13 heavy (non-hydrogen) atoms. The minimum atomic E-state index is -0.820. The van der Waals surface area contributed by atoms with Gasteiger partial charge in [-0.1, -0.05) is 13.8 Å². The molecule has 0 aromatic rings. The first kappa shape index (κ1) is 10.2. The molecule has 0 aliphatic carbocycles. The lowest BCUT2D eigenvalue weighted by molar-refractivity contribution is 0.0413. The summed E-state index contributed by atoms with van der Waals surface area (Å²) in [6.45, 7) is 7.79. The number of hydrogen-bond acceptors (Lipinski definition) is 2. The van der Waals surface area contributed by atoms with Crippen molar-refractivity contribution in [3.8, 4) is 0 Å². The Morgan fingerprint density at radius 1 is 1.62 bits per heavy atom. The molecule has 2 saturated heterocycles. The monoisotopic (exact) mass is 221 g/mol. The molecule has 2 aliphatic rings. The Hall–Kier alpha value is 0.640. The zero-order valence-electron chi connectivity index (χ0n) is 8.46. The third kappa shape index (κ3) is 1.43. The van der Waals surface area contributed by atoms with Crippen LogP contribution in [0.1, 0.15) is 33.6 Å². The lowest BCUT2D eigenvalue weighted by Crippen LogP contribution is -2.43. The number of halogens is 1. The van der Waals surface area contributed by atoms with Crippen LogP contribution < -0.4 is 0 Å². The average molecular weight is 222 g/mol.